The third-order valence-electron chi connectivity index (χ3n) is 3.80. The molecule has 0 aromatic heterocycles. The lowest BCUT2D eigenvalue weighted by Gasteiger charge is -2.25. The molecule has 2 rings (SSSR count). The van der Waals surface area contributed by atoms with Gasteiger partial charge in [-0.1, -0.05) is 15.9 Å². The van der Waals surface area contributed by atoms with Gasteiger partial charge in [0.2, 0.25) is 5.91 Å². The maximum atomic E-state index is 12.5. The van der Waals surface area contributed by atoms with E-state index in [1.807, 2.05) is 0 Å². The quantitative estimate of drug-likeness (QED) is 0.580. The number of likely N-dealkylation sites (tertiary alicyclic amines) is 1. The Labute approximate surface area is 160 Å². The van der Waals surface area contributed by atoms with Gasteiger partial charge in [0.1, 0.15) is 12.3 Å². The van der Waals surface area contributed by atoms with Crippen LogP contribution in [0.25, 0.3) is 0 Å². The van der Waals surface area contributed by atoms with Gasteiger partial charge in [0.15, 0.2) is 0 Å². The third-order valence-corrected chi connectivity index (χ3v) is 5.75. The minimum Gasteiger partial charge on any atom is -0.326 e. The smallest absolute Gasteiger partial charge is 0.326 e. The lowest BCUT2D eigenvalue weighted by Crippen LogP contribution is -2.43. The van der Waals surface area contributed by atoms with Gasteiger partial charge in [-0.25, -0.2) is 4.79 Å². The van der Waals surface area contributed by atoms with Gasteiger partial charge in [0.05, 0.1) is 6.10 Å². The maximum Gasteiger partial charge on any atom is 0.347 e. The summed E-state index contributed by atoms with van der Waals surface area (Å²) in [6.07, 6.45) is -0.462. The van der Waals surface area contributed by atoms with Crippen LogP contribution in [0.3, 0.4) is 0 Å². The number of amides is 3. The highest BCUT2D eigenvalue weighted by molar-refractivity contribution is 9.10. The van der Waals surface area contributed by atoms with E-state index in [2.05, 4.69) is 26.6 Å². The second-order valence-electron chi connectivity index (χ2n) is 6.48. The summed E-state index contributed by atoms with van der Waals surface area (Å²) in [6, 6.07) is 5.48. The molecule has 1 aliphatic heterocycles. The minimum atomic E-state index is -3.92. The van der Waals surface area contributed by atoms with Gasteiger partial charge in [0.25, 0.3) is 0 Å². The standard InChI is InChI=1S/C16H23BrN3O5P/c1-10(2)25-26(23,24)9-20-11(3)8-14(15(20)21)19-16(22)18-13-6-4-12(17)5-7-13/h4-7,10-11,14H,8-9H2,1-3H3,(H,23,24)(H2,18,19,22)/t11?,14-/m0/s1. The van der Waals surface area contributed by atoms with E-state index in [-0.39, 0.29) is 6.04 Å². The number of rotatable bonds is 6. The molecule has 0 spiro atoms. The molecule has 144 valence electrons. The highest BCUT2D eigenvalue weighted by Gasteiger charge is 2.41. The molecule has 0 aliphatic carbocycles. The summed E-state index contributed by atoms with van der Waals surface area (Å²) in [7, 11) is -3.92. The first-order valence-electron chi connectivity index (χ1n) is 8.21. The second kappa shape index (κ2) is 8.52. The Hall–Kier alpha value is -1.41. The minimum absolute atomic E-state index is 0.281. The molecular formula is C16H23BrN3O5P. The van der Waals surface area contributed by atoms with Crippen molar-refractivity contribution in [3.63, 3.8) is 0 Å². The summed E-state index contributed by atoms with van der Waals surface area (Å²) >= 11 is 3.31. The predicted molar refractivity (Wildman–Crippen MR) is 102 cm³/mol. The zero-order valence-corrected chi connectivity index (χ0v) is 17.3. The number of carbonyl (C=O) groups is 2. The van der Waals surface area contributed by atoms with E-state index >= 15 is 0 Å². The highest BCUT2D eigenvalue weighted by atomic mass is 79.9. The molecule has 0 radical (unpaired) electrons. The zero-order valence-electron chi connectivity index (χ0n) is 14.8. The van der Waals surface area contributed by atoms with Gasteiger partial charge in [-0.15, -0.1) is 0 Å². The lowest BCUT2D eigenvalue weighted by molar-refractivity contribution is -0.129. The number of nitrogens with zero attached hydrogens (tertiary/aromatic N) is 1. The largest absolute Gasteiger partial charge is 0.347 e. The molecular weight excluding hydrogens is 425 g/mol. The fourth-order valence-electron chi connectivity index (χ4n) is 2.73. The van der Waals surface area contributed by atoms with Gasteiger partial charge < -0.3 is 25.0 Å². The SMILES string of the molecule is CC(C)OP(=O)(O)CN1C(=O)[C@@H](NC(=O)Nc2ccc(Br)cc2)CC1C. The average Bonchev–Trinajstić information content (AvgIpc) is 2.75. The van der Waals surface area contributed by atoms with Crippen LogP contribution in [0.1, 0.15) is 27.2 Å². The first kappa shape index (κ1) is 20.9. The van der Waals surface area contributed by atoms with E-state index in [1.54, 1.807) is 45.0 Å². The van der Waals surface area contributed by atoms with Crippen molar-refractivity contribution in [2.24, 2.45) is 0 Å². The fourth-order valence-corrected chi connectivity index (χ4v) is 4.52. The Bertz CT molecular complexity index is 712. The van der Waals surface area contributed by atoms with Crippen molar-refractivity contribution in [3.8, 4) is 0 Å². The molecule has 1 aromatic rings. The molecule has 10 heteroatoms. The maximum absolute atomic E-state index is 12.5. The van der Waals surface area contributed by atoms with Crippen molar-refractivity contribution in [1.29, 1.82) is 0 Å². The lowest BCUT2D eigenvalue weighted by atomic mass is 10.2. The van der Waals surface area contributed by atoms with Crippen molar-refractivity contribution in [3.05, 3.63) is 28.7 Å². The van der Waals surface area contributed by atoms with Crippen LogP contribution in [-0.4, -0.2) is 46.2 Å². The topological polar surface area (TPSA) is 108 Å². The summed E-state index contributed by atoms with van der Waals surface area (Å²) in [5, 5.41) is 5.26. The highest BCUT2D eigenvalue weighted by Crippen LogP contribution is 2.45. The number of benzene rings is 1. The molecule has 3 atom stereocenters. The summed E-state index contributed by atoms with van der Waals surface area (Å²) < 4.78 is 18.0. The Morgan fingerprint density at radius 3 is 2.62 bits per heavy atom. The zero-order chi connectivity index (χ0) is 19.5. The van der Waals surface area contributed by atoms with E-state index in [9.17, 15) is 19.0 Å². The van der Waals surface area contributed by atoms with Gasteiger partial charge >= 0.3 is 13.6 Å². The van der Waals surface area contributed by atoms with Gasteiger partial charge in [-0.05, 0) is 51.5 Å². The fraction of sp³-hybridized carbons (Fsp3) is 0.500. The van der Waals surface area contributed by atoms with Crippen LogP contribution in [0.4, 0.5) is 10.5 Å². The molecule has 0 bridgehead atoms. The van der Waals surface area contributed by atoms with Crippen molar-refractivity contribution in [1.82, 2.24) is 10.2 Å². The van der Waals surface area contributed by atoms with Gasteiger partial charge in [-0.2, -0.15) is 0 Å². The van der Waals surface area contributed by atoms with Crippen LogP contribution in [-0.2, 0) is 13.9 Å². The predicted octanol–water partition coefficient (Wildman–Crippen LogP) is 3.13. The van der Waals surface area contributed by atoms with E-state index in [0.29, 0.717) is 12.1 Å². The van der Waals surface area contributed by atoms with Crippen molar-refractivity contribution in [2.45, 2.75) is 45.4 Å². The molecule has 0 saturated carbocycles. The number of carbonyl (C=O) groups excluding carboxylic acids is 2. The number of halogens is 1. The number of anilines is 1. The van der Waals surface area contributed by atoms with Gasteiger partial charge in [-0.3, -0.25) is 9.36 Å². The summed E-state index contributed by atoms with van der Waals surface area (Å²) in [5.74, 6) is -0.398. The van der Waals surface area contributed by atoms with Crippen LogP contribution in [0, 0.1) is 0 Å². The number of hydrogen-bond donors (Lipinski definition) is 3. The van der Waals surface area contributed by atoms with Crippen LogP contribution in [0.15, 0.2) is 28.7 Å². The van der Waals surface area contributed by atoms with Gasteiger partial charge in [0, 0.05) is 16.2 Å². The van der Waals surface area contributed by atoms with E-state index in [4.69, 9.17) is 4.52 Å². The monoisotopic (exact) mass is 447 g/mol. The van der Waals surface area contributed by atoms with Crippen LogP contribution in [0.5, 0.6) is 0 Å². The Balaban J connectivity index is 1.95. The molecule has 1 heterocycles. The molecule has 26 heavy (non-hydrogen) atoms. The number of nitrogens with one attached hydrogen (secondary N) is 2. The molecule has 1 aromatic carbocycles. The summed E-state index contributed by atoms with van der Waals surface area (Å²) in [5.41, 5.74) is 0.589. The number of hydrogen-bond acceptors (Lipinski definition) is 4. The van der Waals surface area contributed by atoms with E-state index < -0.39 is 38.0 Å². The normalized spacial score (nSPS) is 22.4. The van der Waals surface area contributed by atoms with Crippen LogP contribution >= 0.6 is 23.5 Å². The summed E-state index contributed by atoms with van der Waals surface area (Å²) in [6.45, 7) is 5.06. The Morgan fingerprint density at radius 2 is 2.04 bits per heavy atom. The van der Waals surface area contributed by atoms with E-state index in [0.717, 1.165) is 4.47 Å². The van der Waals surface area contributed by atoms with E-state index in [1.165, 1.54) is 4.90 Å². The van der Waals surface area contributed by atoms with Crippen molar-refractivity contribution in [2.75, 3.05) is 11.6 Å². The molecule has 2 unspecified atom stereocenters. The van der Waals surface area contributed by atoms with Crippen molar-refractivity contribution < 1.29 is 23.6 Å². The van der Waals surface area contributed by atoms with Crippen molar-refractivity contribution >= 4 is 41.2 Å². The number of urea groups is 1. The molecule has 3 N–H and O–H groups in total. The van der Waals surface area contributed by atoms with Crippen LogP contribution in [0.2, 0.25) is 0 Å². The Morgan fingerprint density at radius 1 is 1.42 bits per heavy atom. The molecule has 8 nitrogen and oxygen atoms in total. The third kappa shape index (κ3) is 5.81. The molecule has 1 fully saturated rings. The second-order valence-corrected chi connectivity index (χ2v) is 9.17. The van der Waals surface area contributed by atoms with Crippen LogP contribution < -0.4 is 10.6 Å². The first-order valence-corrected chi connectivity index (χ1v) is 10.8. The summed E-state index contributed by atoms with van der Waals surface area (Å²) in [4.78, 5) is 35.8. The molecule has 1 aliphatic rings. The molecule has 1 saturated heterocycles. The molecule has 3 amide bonds. The average molecular weight is 448 g/mol. The Kier molecular flexibility index (Phi) is 6.85. The first-order chi connectivity index (χ1) is 12.1.